The molecule has 3 rings (SSSR count). The summed E-state index contributed by atoms with van der Waals surface area (Å²) < 4.78 is 1.39. The maximum atomic E-state index is 3.72. The van der Waals surface area contributed by atoms with Crippen molar-refractivity contribution in [3.05, 3.63) is 29.6 Å². The van der Waals surface area contributed by atoms with Gasteiger partial charge < -0.3 is 10.2 Å². The van der Waals surface area contributed by atoms with Gasteiger partial charge in [-0.2, -0.15) is 0 Å². The van der Waals surface area contributed by atoms with E-state index in [0.29, 0.717) is 18.0 Å². The third-order valence-electron chi connectivity index (χ3n) is 4.99. The number of rotatable bonds is 4. The predicted molar refractivity (Wildman–Crippen MR) is 94.5 cm³/mol. The summed E-state index contributed by atoms with van der Waals surface area (Å²) in [7, 11) is 0. The van der Waals surface area contributed by atoms with E-state index in [1.165, 1.54) is 28.6 Å². The Kier molecular flexibility index (Phi) is 4.51. The third kappa shape index (κ3) is 2.95. The Morgan fingerprint density at radius 2 is 2.14 bits per heavy atom. The maximum Gasteiger partial charge on any atom is 0.0375 e. The first-order valence-corrected chi connectivity index (χ1v) is 9.06. The van der Waals surface area contributed by atoms with Crippen LogP contribution in [0.1, 0.15) is 33.6 Å². The largest absolute Gasteiger partial charge is 0.368 e. The summed E-state index contributed by atoms with van der Waals surface area (Å²) in [5, 5.41) is 7.28. The van der Waals surface area contributed by atoms with Crippen LogP contribution in [0.15, 0.2) is 29.6 Å². The fourth-order valence-electron chi connectivity index (χ4n) is 3.48. The van der Waals surface area contributed by atoms with E-state index in [1.54, 1.807) is 0 Å². The lowest BCUT2D eigenvalue weighted by molar-refractivity contribution is 0.271. The molecule has 1 saturated heterocycles. The lowest BCUT2D eigenvalue weighted by atomic mass is 9.86. The van der Waals surface area contributed by atoms with Crippen molar-refractivity contribution in [2.45, 2.75) is 45.7 Å². The Labute approximate surface area is 132 Å². The Bertz CT molecular complexity index is 592. The summed E-state index contributed by atoms with van der Waals surface area (Å²) >= 11 is 1.82. The van der Waals surface area contributed by atoms with Crippen LogP contribution in [0.5, 0.6) is 0 Å². The van der Waals surface area contributed by atoms with Gasteiger partial charge in [-0.15, -0.1) is 11.3 Å². The van der Waals surface area contributed by atoms with Gasteiger partial charge in [0.25, 0.3) is 0 Å². The van der Waals surface area contributed by atoms with Crippen molar-refractivity contribution in [2.24, 2.45) is 5.92 Å². The quantitative estimate of drug-likeness (QED) is 0.894. The average molecular weight is 302 g/mol. The molecule has 0 aliphatic carbocycles. The number of nitrogens with zero attached hydrogens (tertiary/aromatic N) is 1. The van der Waals surface area contributed by atoms with Gasteiger partial charge in [0.2, 0.25) is 0 Å². The molecule has 0 radical (unpaired) electrons. The molecule has 1 aliphatic rings. The molecule has 1 aliphatic heterocycles. The van der Waals surface area contributed by atoms with Crippen LogP contribution in [0.3, 0.4) is 0 Å². The standard InChI is InChI=1S/C18H26N2S/c1-4-9-19-17-7-10-20(14(3)13(17)2)16-5-6-18-15(12-16)8-11-21-18/h5-6,8,11-14,17,19H,4,7,9-10H2,1-3H3. The highest BCUT2D eigenvalue weighted by molar-refractivity contribution is 7.17. The van der Waals surface area contributed by atoms with E-state index in [1.807, 2.05) is 11.3 Å². The number of thiophene rings is 1. The van der Waals surface area contributed by atoms with Gasteiger partial charge in [0.1, 0.15) is 0 Å². The van der Waals surface area contributed by atoms with Crippen LogP contribution >= 0.6 is 11.3 Å². The van der Waals surface area contributed by atoms with Crippen LogP contribution in [0.4, 0.5) is 5.69 Å². The molecule has 0 spiro atoms. The molecule has 2 aromatic rings. The smallest absolute Gasteiger partial charge is 0.0375 e. The van der Waals surface area contributed by atoms with E-state index in [9.17, 15) is 0 Å². The Balaban J connectivity index is 1.77. The van der Waals surface area contributed by atoms with Gasteiger partial charge in [0.15, 0.2) is 0 Å². The number of fused-ring (bicyclic) bond motifs is 1. The summed E-state index contributed by atoms with van der Waals surface area (Å²) in [4.78, 5) is 2.59. The minimum atomic E-state index is 0.587. The molecule has 0 bridgehead atoms. The molecule has 1 aromatic heterocycles. The number of piperidine rings is 1. The van der Waals surface area contributed by atoms with E-state index >= 15 is 0 Å². The second-order valence-electron chi connectivity index (χ2n) is 6.29. The summed E-state index contributed by atoms with van der Waals surface area (Å²) in [6.45, 7) is 9.31. The minimum Gasteiger partial charge on any atom is -0.368 e. The highest BCUT2D eigenvalue weighted by Gasteiger charge is 2.32. The monoisotopic (exact) mass is 302 g/mol. The second kappa shape index (κ2) is 6.37. The van der Waals surface area contributed by atoms with Crippen molar-refractivity contribution in [2.75, 3.05) is 18.0 Å². The van der Waals surface area contributed by atoms with Crippen LogP contribution < -0.4 is 10.2 Å². The zero-order valence-corrected chi connectivity index (χ0v) is 14.1. The fraction of sp³-hybridized carbons (Fsp3) is 0.556. The lowest BCUT2D eigenvalue weighted by Gasteiger charge is -2.44. The molecule has 3 atom stereocenters. The molecule has 21 heavy (non-hydrogen) atoms. The van der Waals surface area contributed by atoms with Crippen LogP contribution in [0.2, 0.25) is 0 Å². The van der Waals surface area contributed by atoms with E-state index in [-0.39, 0.29) is 0 Å². The topological polar surface area (TPSA) is 15.3 Å². The first kappa shape index (κ1) is 14.9. The summed E-state index contributed by atoms with van der Waals surface area (Å²) in [5.74, 6) is 0.684. The summed E-state index contributed by atoms with van der Waals surface area (Å²) in [6.07, 6.45) is 2.46. The molecular weight excluding hydrogens is 276 g/mol. The van der Waals surface area contributed by atoms with Crippen LogP contribution in [-0.2, 0) is 0 Å². The molecule has 1 aromatic carbocycles. The summed E-state index contributed by atoms with van der Waals surface area (Å²) in [5.41, 5.74) is 1.38. The molecule has 114 valence electrons. The second-order valence-corrected chi connectivity index (χ2v) is 7.23. The van der Waals surface area contributed by atoms with Gasteiger partial charge in [0, 0.05) is 29.0 Å². The lowest BCUT2D eigenvalue weighted by Crippen LogP contribution is -2.53. The molecule has 3 heteroatoms. The highest BCUT2D eigenvalue weighted by atomic mass is 32.1. The van der Waals surface area contributed by atoms with E-state index in [2.05, 4.69) is 60.6 Å². The van der Waals surface area contributed by atoms with Crippen molar-refractivity contribution >= 4 is 27.1 Å². The van der Waals surface area contributed by atoms with Crippen molar-refractivity contribution in [1.29, 1.82) is 0 Å². The Morgan fingerprint density at radius 1 is 1.29 bits per heavy atom. The first-order chi connectivity index (χ1) is 10.2. The van der Waals surface area contributed by atoms with Crippen molar-refractivity contribution in [1.82, 2.24) is 5.32 Å². The molecule has 1 N–H and O–H groups in total. The molecule has 0 amide bonds. The number of nitrogens with one attached hydrogen (secondary N) is 1. The highest BCUT2D eigenvalue weighted by Crippen LogP contribution is 2.32. The minimum absolute atomic E-state index is 0.587. The molecule has 2 heterocycles. The van der Waals surface area contributed by atoms with E-state index in [0.717, 1.165) is 13.1 Å². The molecule has 0 saturated carbocycles. The SMILES string of the molecule is CCCNC1CCN(c2ccc3sccc3c2)C(C)C1C. The average Bonchev–Trinajstić information content (AvgIpc) is 2.96. The first-order valence-electron chi connectivity index (χ1n) is 8.18. The van der Waals surface area contributed by atoms with E-state index < -0.39 is 0 Å². The van der Waals surface area contributed by atoms with Gasteiger partial charge in [-0.05, 0) is 67.3 Å². The third-order valence-corrected chi connectivity index (χ3v) is 5.89. The van der Waals surface area contributed by atoms with Gasteiger partial charge in [-0.3, -0.25) is 0 Å². The van der Waals surface area contributed by atoms with Crippen molar-refractivity contribution in [3.63, 3.8) is 0 Å². The van der Waals surface area contributed by atoms with E-state index in [4.69, 9.17) is 0 Å². The Hall–Kier alpha value is -1.06. The van der Waals surface area contributed by atoms with Gasteiger partial charge in [-0.1, -0.05) is 13.8 Å². The van der Waals surface area contributed by atoms with Crippen molar-refractivity contribution < 1.29 is 0 Å². The zero-order chi connectivity index (χ0) is 14.8. The number of hydrogen-bond acceptors (Lipinski definition) is 3. The predicted octanol–water partition coefficient (Wildman–Crippen LogP) is 4.50. The van der Waals surface area contributed by atoms with Gasteiger partial charge >= 0.3 is 0 Å². The normalized spacial score (nSPS) is 26.4. The summed E-state index contributed by atoms with van der Waals surface area (Å²) in [6, 6.07) is 10.4. The number of benzene rings is 1. The van der Waals surface area contributed by atoms with Gasteiger partial charge in [0.05, 0.1) is 0 Å². The van der Waals surface area contributed by atoms with Gasteiger partial charge in [-0.25, -0.2) is 0 Å². The maximum absolute atomic E-state index is 3.72. The molecule has 2 nitrogen and oxygen atoms in total. The van der Waals surface area contributed by atoms with Crippen LogP contribution in [-0.4, -0.2) is 25.2 Å². The van der Waals surface area contributed by atoms with Crippen molar-refractivity contribution in [3.8, 4) is 0 Å². The molecule has 3 unspecified atom stereocenters. The molecular formula is C18H26N2S. The number of hydrogen-bond donors (Lipinski definition) is 1. The fourth-order valence-corrected chi connectivity index (χ4v) is 4.25. The Morgan fingerprint density at radius 3 is 2.95 bits per heavy atom. The zero-order valence-electron chi connectivity index (χ0n) is 13.3. The van der Waals surface area contributed by atoms with Crippen LogP contribution in [0, 0.1) is 5.92 Å². The van der Waals surface area contributed by atoms with Crippen LogP contribution in [0.25, 0.3) is 10.1 Å². The molecule has 1 fully saturated rings. The number of anilines is 1.